The summed E-state index contributed by atoms with van der Waals surface area (Å²) in [6.45, 7) is 4.03. The Morgan fingerprint density at radius 3 is 2.85 bits per heavy atom. The zero-order valence-electron chi connectivity index (χ0n) is 12.1. The molecule has 20 heavy (non-hydrogen) atoms. The monoisotopic (exact) mass is 268 g/mol. The van der Waals surface area contributed by atoms with Crippen molar-refractivity contribution in [3.8, 4) is 11.3 Å². The van der Waals surface area contributed by atoms with Crippen LogP contribution in [0.15, 0.2) is 29.1 Å². The van der Waals surface area contributed by atoms with Gasteiger partial charge in [-0.2, -0.15) is 0 Å². The molecule has 0 spiro atoms. The fourth-order valence-electron chi connectivity index (χ4n) is 2.54. The molecule has 0 unspecified atom stereocenters. The SMILES string of the molecule is CCCc1cccc(-c2nc(C3CC3)[nH]c(=O)c2C)c1. The van der Waals surface area contributed by atoms with Crippen LogP contribution in [-0.2, 0) is 6.42 Å². The smallest absolute Gasteiger partial charge is 0.254 e. The molecule has 1 N–H and O–H groups in total. The van der Waals surface area contributed by atoms with Crippen molar-refractivity contribution in [2.45, 2.75) is 45.4 Å². The summed E-state index contributed by atoms with van der Waals surface area (Å²) < 4.78 is 0. The highest BCUT2D eigenvalue weighted by atomic mass is 16.1. The van der Waals surface area contributed by atoms with Crippen LogP contribution >= 0.6 is 0 Å². The van der Waals surface area contributed by atoms with Gasteiger partial charge in [0.1, 0.15) is 5.82 Å². The molecule has 0 bridgehead atoms. The zero-order chi connectivity index (χ0) is 14.1. The van der Waals surface area contributed by atoms with Crippen LogP contribution < -0.4 is 5.56 Å². The van der Waals surface area contributed by atoms with Crippen molar-refractivity contribution in [3.63, 3.8) is 0 Å². The van der Waals surface area contributed by atoms with Crippen LogP contribution in [0, 0.1) is 6.92 Å². The normalized spacial score (nSPS) is 14.5. The quantitative estimate of drug-likeness (QED) is 0.921. The third-order valence-corrected chi connectivity index (χ3v) is 3.87. The van der Waals surface area contributed by atoms with Gasteiger partial charge in [0.25, 0.3) is 5.56 Å². The molecule has 2 aromatic rings. The first-order chi connectivity index (χ1) is 9.69. The Morgan fingerprint density at radius 1 is 1.35 bits per heavy atom. The molecule has 0 atom stereocenters. The molecule has 1 saturated carbocycles. The molecule has 1 aromatic carbocycles. The molecule has 1 aliphatic carbocycles. The molecule has 0 amide bonds. The second-order valence-corrected chi connectivity index (χ2v) is 5.65. The van der Waals surface area contributed by atoms with Gasteiger partial charge in [-0.25, -0.2) is 4.98 Å². The van der Waals surface area contributed by atoms with E-state index in [9.17, 15) is 4.79 Å². The summed E-state index contributed by atoms with van der Waals surface area (Å²) in [6.07, 6.45) is 4.47. The zero-order valence-corrected chi connectivity index (χ0v) is 12.1. The van der Waals surface area contributed by atoms with E-state index in [2.05, 4.69) is 30.1 Å². The number of H-pyrrole nitrogens is 1. The molecule has 0 radical (unpaired) electrons. The second kappa shape index (κ2) is 5.23. The minimum Gasteiger partial charge on any atom is -0.310 e. The van der Waals surface area contributed by atoms with Crippen LogP contribution in [0.4, 0.5) is 0 Å². The van der Waals surface area contributed by atoms with Crippen molar-refractivity contribution >= 4 is 0 Å². The number of benzene rings is 1. The van der Waals surface area contributed by atoms with Crippen molar-refractivity contribution in [3.05, 3.63) is 51.6 Å². The van der Waals surface area contributed by atoms with Gasteiger partial charge in [-0.15, -0.1) is 0 Å². The Morgan fingerprint density at radius 2 is 2.15 bits per heavy atom. The Labute approximate surface area is 119 Å². The highest BCUT2D eigenvalue weighted by Gasteiger charge is 2.27. The highest BCUT2D eigenvalue weighted by molar-refractivity contribution is 5.63. The van der Waals surface area contributed by atoms with Crippen molar-refractivity contribution in [1.82, 2.24) is 9.97 Å². The van der Waals surface area contributed by atoms with Gasteiger partial charge in [-0.05, 0) is 37.8 Å². The third kappa shape index (κ3) is 2.53. The predicted molar refractivity (Wildman–Crippen MR) is 81.0 cm³/mol. The molecule has 3 nitrogen and oxygen atoms in total. The van der Waals surface area contributed by atoms with Crippen molar-refractivity contribution in [2.75, 3.05) is 0 Å². The Bertz CT molecular complexity index is 684. The Kier molecular flexibility index (Phi) is 3.43. The van der Waals surface area contributed by atoms with E-state index in [4.69, 9.17) is 4.98 Å². The van der Waals surface area contributed by atoms with Crippen LogP contribution in [0.5, 0.6) is 0 Å². The summed E-state index contributed by atoms with van der Waals surface area (Å²) in [4.78, 5) is 19.7. The van der Waals surface area contributed by atoms with Crippen molar-refractivity contribution < 1.29 is 0 Å². The fraction of sp³-hybridized carbons (Fsp3) is 0.412. The first-order valence-electron chi connectivity index (χ1n) is 7.39. The highest BCUT2D eigenvalue weighted by Crippen LogP contribution is 2.38. The predicted octanol–water partition coefficient (Wildman–Crippen LogP) is 3.58. The number of rotatable bonds is 4. The van der Waals surface area contributed by atoms with E-state index in [-0.39, 0.29) is 5.56 Å². The number of nitrogens with zero attached hydrogens (tertiary/aromatic N) is 1. The van der Waals surface area contributed by atoms with E-state index < -0.39 is 0 Å². The summed E-state index contributed by atoms with van der Waals surface area (Å²) in [5.41, 5.74) is 3.91. The lowest BCUT2D eigenvalue weighted by atomic mass is 10.0. The molecule has 3 rings (SSSR count). The van der Waals surface area contributed by atoms with Crippen LogP contribution in [0.25, 0.3) is 11.3 Å². The molecular formula is C17H20N2O. The number of aromatic nitrogens is 2. The third-order valence-electron chi connectivity index (χ3n) is 3.87. The van der Waals surface area contributed by atoms with E-state index in [1.165, 1.54) is 5.56 Å². The number of aryl methyl sites for hydroxylation is 1. The van der Waals surface area contributed by atoms with Crippen LogP contribution in [-0.4, -0.2) is 9.97 Å². The van der Waals surface area contributed by atoms with Gasteiger partial charge < -0.3 is 4.98 Å². The van der Waals surface area contributed by atoms with E-state index in [0.29, 0.717) is 11.5 Å². The topological polar surface area (TPSA) is 45.8 Å². The molecule has 1 aliphatic rings. The molecule has 104 valence electrons. The van der Waals surface area contributed by atoms with E-state index in [1.54, 1.807) is 0 Å². The van der Waals surface area contributed by atoms with Crippen molar-refractivity contribution in [2.24, 2.45) is 0 Å². The van der Waals surface area contributed by atoms with E-state index in [1.807, 2.05) is 13.0 Å². The largest absolute Gasteiger partial charge is 0.310 e. The fourth-order valence-corrected chi connectivity index (χ4v) is 2.54. The number of hydrogen-bond acceptors (Lipinski definition) is 2. The summed E-state index contributed by atoms with van der Waals surface area (Å²) in [5.74, 6) is 1.32. The summed E-state index contributed by atoms with van der Waals surface area (Å²) in [6, 6.07) is 8.40. The van der Waals surface area contributed by atoms with Gasteiger partial charge >= 0.3 is 0 Å². The molecule has 1 aromatic heterocycles. The summed E-state index contributed by atoms with van der Waals surface area (Å²) >= 11 is 0. The summed E-state index contributed by atoms with van der Waals surface area (Å²) in [5, 5.41) is 0. The van der Waals surface area contributed by atoms with Gasteiger partial charge in [0, 0.05) is 17.0 Å². The average molecular weight is 268 g/mol. The lowest BCUT2D eigenvalue weighted by molar-refractivity contribution is 0.899. The molecule has 1 heterocycles. The van der Waals surface area contributed by atoms with E-state index in [0.717, 1.165) is 42.8 Å². The second-order valence-electron chi connectivity index (χ2n) is 5.65. The number of aromatic amines is 1. The Balaban J connectivity index is 2.08. The molecule has 0 aliphatic heterocycles. The average Bonchev–Trinajstić information content (AvgIpc) is 3.27. The molecule has 1 fully saturated rings. The maximum Gasteiger partial charge on any atom is 0.254 e. The minimum absolute atomic E-state index is 0.00204. The number of nitrogens with one attached hydrogen (secondary N) is 1. The molecular weight excluding hydrogens is 248 g/mol. The first-order valence-corrected chi connectivity index (χ1v) is 7.39. The van der Waals surface area contributed by atoms with Gasteiger partial charge in [0.2, 0.25) is 0 Å². The lowest BCUT2D eigenvalue weighted by Gasteiger charge is -2.09. The minimum atomic E-state index is -0.00204. The molecule has 0 saturated heterocycles. The van der Waals surface area contributed by atoms with Crippen LogP contribution in [0.1, 0.15) is 49.1 Å². The molecule has 3 heteroatoms. The Hall–Kier alpha value is -1.90. The lowest BCUT2D eigenvalue weighted by Crippen LogP contribution is -2.15. The van der Waals surface area contributed by atoms with Crippen molar-refractivity contribution in [1.29, 1.82) is 0 Å². The van der Waals surface area contributed by atoms with Gasteiger partial charge in [0.05, 0.1) is 5.69 Å². The van der Waals surface area contributed by atoms with E-state index >= 15 is 0 Å². The number of hydrogen-bond donors (Lipinski definition) is 1. The van der Waals surface area contributed by atoms with Gasteiger partial charge in [-0.3, -0.25) is 4.79 Å². The van der Waals surface area contributed by atoms with Crippen LogP contribution in [0.2, 0.25) is 0 Å². The maximum absolute atomic E-state index is 12.1. The maximum atomic E-state index is 12.1. The van der Waals surface area contributed by atoms with Crippen LogP contribution in [0.3, 0.4) is 0 Å². The first kappa shape index (κ1) is 13.1. The summed E-state index contributed by atoms with van der Waals surface area (Å²) in [7, 11) is 0. The van der Waals surface area contributed by atoms with Gasteiger partial charge in [-0.1, -0.05) is 31.5 Å². The standard InChI is InChI=1S/C17H20N2O/c1-3-5-12-6-4-7-14(10-12)15-11(2)17(20)19-16(18-15)13-8-9-13/h4,6-7,10,13H,3,5,8-9H2,1-2H3,(H,18,19,20). The van der Waals surface area contributed by atoms with Gasteiger partial charge in [0.15, 0.2) is 0 Å².